The number of aliphatic imine (C=N–C) groups is 1. The number of nitrogens with one attached hydrogen (secondary N) is 1. The predicted octanol–water partition coefficient (Wildman–Crippen LogP) is 4.80. The molecule has 3 aromatic rings. The lowest BCUT2D eigenvalue weighted by Gasteiger charge is -2.22. The van der Waals surface area contributed by atoms with Gasteiger partial charge in [0.15, 0.2) is 0 Å². The van der Waals surface area contributed by atoms with Gasteiger partial charge in [0, 0.05) is 5.69 Å². The van der Waals surface area contributed by atoms with E-state index in [1.54, 1.807) is 0 Å². The zero-order valence-electron chi connectivity index (χ0n) is 17.1. The van der Waals surface area contributed by atoms with Gasteiger partial charge in [-0.05, 0) is 54.8 Å². The summed E-state index contributed by atoms with van der Waals surface area (Å²) in [6.07, 6.45) is 0.135. The molecule has 0 saturated carbocycles. The second-order valence-corrected chi connectivity index (χ2v) is 7.42. The van der Waals surface area contributed by atoms with Crippen molar-refractivity contribution in [3.05, 3.63) is 89.5 Å². The summed E-state index contributed by atoms with van der Waals surface area (Å²) in [6, 6.07) is 22.9. The highest BCUT2D eigenvalue weighted by molar-refractivity contribution is 6.18. The van der Waals surface area contributed by atoms with E-state index in [4.69, 9.17) is 4.99 Å². The number of anilines is 2. The average molecular weight is 397 g/mol. The molecule has 5 heteroatoms. The number of rotatable bonds is 4. The molecule has 0 unspecified atom stereocenters. The average Bonchev–Trinajstić information content (AvgIpc) is 2.88. The highest BCUT2D eigenvalue weighted by Crippen LogP contribution is 2.32. The van der Waals surface area contributed by atoms with Gasteiger partial charge in [0.2, 0.25) is 11.8 Å². The standard InChI is InChI=1S/C25H23N3O2/c1-17-12-13-20(14-18(17)2)26-24(29)16-28-23-11-7-6-10-21(23)27-22(15-25(28)30)19-8-4-3-5-9-19/h3-14H,15-16H2,1-2H3,(H,26,29). The van der Waals surface area contributed by atoms with E-state index in [2.05, 4.69) is 5.32 Å². The van der Waals surface area contributed by atoms with Gasteiger partial charge in [0.25, 0.3) is 0 Å². The summed E-state index contributed by atoms with van der Waals surface area (Å²) < 4.78 is 0. The molecule has 5 nitrogen and oxygen atoms in total. The number of carbonyl (C=O) groups is 2. The summed E-state index contributed by atoms with van der Waals surface area (Å²) in [5.41, 5.74) is 5.91. The zero-order valence-corrected chi connectivity index (χ0v) is 17.1. The molecule has 30 heavy (non-hydrogen) atoms. The number of hydrogen-bond donors (Lipinski definition) is 1. The number of benzene rings is 3. The highest BCUT2D eigenvalue weighted by atomic mass is 16.2. The molecule has 3 aromatic carbocycles. The van der Waals surface area contributed by atoms with Crippen LogP contribution in [0.3, 0.4) is 0 Å². The molecule has 2 amide bonds. The Morgan fingerprint density at radius 3 is 2.47 bits per heavy atom. The molecule has 1 aliphatic heterocycles. The first-order valence-corrected chi connectivity index (χ1v) is 9.91. The Hall–Kier alpha value is -3.73. The third-order valence-corrected chi connectivity index (χ3v) is 5.25. The van der Waals surface area contributed by atoms with E-state index in [0.29, 0.717) is 17.1 Å². The molecule has 0 atom stereocenters. The van der Waals surface area contributed by atoms with Gasteiger partial charge in [-0.2, -0.15) is 0 Å². The van der Waals surface area contributed by atoms with E-state index < -0.39 is 0 Å². The maximum absolute atomic E-state index is 13.1. The molecule has 0 radical (unpaired) electrons. The van der Waals surface area contributed by atoms with Crippen LogP contribution in [0, 0.1) is 13.8 Å². The Balaban J connectivity index is 1.59. The smallest absolute Gasteiger partial charge is 0.244 e. The molecule has 0 fully saturated rings. The lowest BCUT2D eigenvalue weighted by molar-refractivity contribution is -0.120. The minimum Gasteiger partial charge on any atom is -0.325 e. The van der Waals surface area contributed by atoms with E-state index >= 15 is 0 Å². The van der Waals surface area contributed by atoms with Crippen LogP contribution >= 0.6 is 0 Å². The fourth-order valence-electron chi connectivity index (χ4n) is 3.48. The maximum atomic E-state index is 13.1. The summed E-state index contributed by atoms with van der Waals surface area (Å²) in [5, 5.41) is 2.90. The van der Waals surface area contributed by atoms with Crippen molar-refractivity contribution in [3.63, 3.8) is 0 Å². The van der Waals surface area contributed by atoms with Crippen LogP contribution in [-0.4, -0.2) is 24.1 Å². The molecule has 0 aromatic heterocycles. The first-order valence-electron chi connectivity index (χ1n) is 9.91. The van der Waals surface area contributed by atoms with Gasteiger partial charge < -0.3 is 10.2 Å². The Kier molecular flexibility index (Phi) is 5.44. The summed E-state index contributed by atoms with van der Waals surface area (Å²) in [7, 11) is 0. The maximum Gasteiger partial charge on any atom is 0.244 e. The molecule has 0 bridgehead atoms. The predicted molar refractivity (Wildman–Crippen MR) is 121 cm³/mol. The molecular formula is C25H23N3O2. The SMILES string of the molecule is Cc1ccc(NC(=O)CN2C(=O)CC(c3ccccc3)=Nc3ccccc32)cc1C. The van der Waals surface area contributed by atoms with Gasteiger partial charge in [0.05, 0.1) is 23.5 Å². The van der Waals surface area contributed by atoms with Crippen molar-refractivity contribution in [1.82, 2.24) is 0 Å². The van der Waals surface area contributed by atoms with Gasteiger partial charge >= 0.3 is 0 Å². The third-order valence-electron chi connectivity index (χ3n) is 5.25. The Labute approximate surface area is 176 Å². The van der Waals surface area contributed by atoms with Crippen LogP contribution in [0.25, 0.3) is 0 Å². The number of hydrogen-bond acceptors (Lipinski definition) is 3. The van der Waals surface area contributed by atoms with Gasteiger partial charge in [-0.3, -0.25) is 14.6 Å². The van der Waals surface area contributed by atoms with Crippen molar-refractivity contribution in [3.8, 4) is 0 Å². The Bertz CT molecular complexity index is 1140. The van der Waals surface area contributed by atoms with E-state index in [0.717, 1.165) is 22.4 Å². The van der Waals surface area contributed by atoms with Crippen LogP contribution in [0.1, 0.15) is 23.1 Å². The van der Waals surface area contributed by atoms with Crippen molar-refractivity contribution < 1.29 is 9.59 Å². The minimum atomic E-state index is -0.246. The van der Waals surface area contributed by atoms with Crippen molar-refractivity contribution in [2.75, 3.05) is 16.8 Å². The number of para-hydroxylation sites is 2. The van der Waals surface area contributed by atoms with Gasteiger partial charge in [-0.25, -0.2) is 0 Å². The van der Waals surface area contributed by atoms with Crippen molar-refractivity contribution in [1.29, 1.82) is 0 Å². The Morgan fingerprint density at radius 2 is 1.70 bits per heavy atom. The topological polar surface area (TPSA) is 61.8 Å². The zero-order chi connectivity index (χ0) is 21.1. The molecule has 1 N–H and O–H groups in total. The first kappa shape index (κ1) is 19.6. The van der Waals surface area contributed by atoms with Crippen LogP contribution in [-0.2, 0) is 9.59 Å². The number of carbonyl (C=O) groups excluding carboxylic acids is 2. The fraction of sp³-hybridized carbons (Fsp3) is 0.160. The highest BCUT2D eigenvalue weighted by Gasteiger charge is 2.26. The summed E-state index contributed by atoms with van der Waals surface area (Å²) in [6.45, 7) is 3.96. The number of nitrogens with zero attached hydrogens (tertiary/aromatic N) is 2. The molecule has 0 saturated heterocycles. The number of aryl methyl sites for hydroxylation is 2. The molecule has 0 spiro atoms. The van der Waals surface area contributed by atoms with Crippen LogP contribution in [0.5, 0.6) is 0 Å². The fourth-order valence-corrected chi connectivity index (χ4v) is 3.48. The molecule has 1 aliphatic rings. The lowest BCUT2D eigenvalue weighted by Crippen LogP contribution is -2.38. The van der Waals surface area contributed by atoms with Crippen LogP contribution in [0.15, 0.2) is 77.8 Å². The van der Waals surface area contributed by atoms with Crippen molar-refractivity contribution in [2.24, 2.45) is 4.99 Å². The quantitative estimate of drug-likeness (QED) is 0.687. The van der Waals surface area contributed by atoms with Crippen LogP contribution in [0.2, 0.25) is 0 Å². The molecule has 1 heterocycles. The monoisotopic (exact) mass is 397 g/mol. The number of fused-ring (bicyclic) bond motifs is 1. The van der Waals surface area contributed by atoms with E-state index in [9.17, 15) is 9.59 Å². The van der Waals surface area contributed by atoms with Crippen molar-refractivity contribution >= 4 is 34.6 Å². The summed E-state index contributed by atoms with van der Waals surface area (Å²) in [5.74, 6) is -0.401. The van der Waals surface area contributed by atoms with E-state index in [1.807, 2.05) is 86.6 Å². The first-order chi connectivity index (χ1) is 14.5. The second kappa shape index (κ2) is 8.33. The van der Waals surface area contributed by atoms with Crippen LogP contribution in [0.4, 0.5) is 17.1 Å². The second-order valence-electron chi connectivity index (χ2n) is 7.42. The normalized spacial score (nSPS) is 13.3. The molecule has 4 rings (SSSR count). The summed E-state index contributed by atoms with van der Waals surface area (Å²) >= 11 is 0. The van der Waals surface area contributed by atoms with Crippen molar-refractivity contribution in [2.45, 2.75) is 20.3 Å². The Morgan fingerprint density at radius 1 is 0.967 bits per heavy atom. The summed E-state index contributed by atoms with van der Waals surface area (Å²) in [4.78, 5) is 32.1. The van der Waals surface area contributed by atoms with E-state index in [-0.39, 0.29) is 24.8 Å². The third kappa shape index (κ3) is 4.15. The minimum absolute atomic E-state index is 0.0691. The van der Waals surface area contributed by atoms with E-state index in [1.165, 1.54) is 4.90 Å². The molecule has 150 valence electrons. The van der Waals surface area contributed by atoms with Gasteiger partial charge in [-0.15, -0.1) is 0 Å². The number of amides is 2. The van der Waals surface area contributed by atoms with Gasteiger partial charge in [0.1, 0.15) is 6.54 Å². The largest absolute Gasteiger partial charge is 0.325 e. The van der Waals surface area contributed by atoms with Gasteiger partial charge in [-0.1, -0.05) is 48.5 Å². The molecular weight excluding hydrogens is 374 g/mol. The molecule has 0 aliphatic carbocycles. The van der Waals surface area contributed by atoms with Crippen LogP contribution < -0.4 is 10.2 Å². The lowest BCUT2D eigenvalue weighted by atomic mass is 10.1.